The minimum atomic E-state index is -0.790. The molecule has 4 nitrogen and oxygen atoms in total. The van der Waals surface area contributed by atoms with Crippen molar-refractivity contribution >= 4 is 5.97 Å². The summed E-state index contributed by atoms with van der Waals surface area (Å²) >= 11 is 0. The highest BCUT2D eigenvalue weighted by Crippen LogP contribution is 2.07. The van der Waals surface area contributed by atoms with Crippen molar-refractivity contribution in [3.63, 3.8) is 0 Å². The number of hydrogen-bond acceptors (Lipinski definition) is 3. The van der Waals surface area contributed by atoms with Gasteiger partial charge in [0.1, 0.15) is 0 Å². The van der Waals surface area contributed by atoms with Gasteiger partial charge in [0.15, 0.2) is 0 Å². The fourth-order valence-corrected chi connectivity index (χ4v) is 2.18. The Morgan fingerprint density at radius 2 is 1.38 bits per heavy atom. The van der Waals surface area contributed by atoms with E-state index >= 15 is 0 Å². The van der Waals surface area contributed by atoms with Gasteiger partial charge in [0.25, 0.3) is 0 Å². The minimum Gasteiger partial charge on any atom is -0.481 e. The lowest BCUT2D eigenvalue weighted by molar-refractivity contribution is -0.137. The molecule has 0 amide bonds. The van der Waals surface area contributed by atoms with Crippen molar-refractivity contribution in [3.8, 4) is 0 Å². The Kier molecular flexibility index (Phi) is 15.5. The Morgan fingerprint density at radius 1 is 0.833 bits per heavy atom. The fourth-order valence-electron chi connectivity index (χ4n) is 2.18. The quantitative estimate of drug-likeness (QED) is 0.306. The predicted octanol–water partition coefficient (Wildman–Crippen LogP) is 4.38. The molecule has 0 spiro atoms. The second kappa shape index (κ2) is 16.5. The fraction of sp³-hybridized carbons (Fsp3) is 0.650. The van der Waals surface area contributed by atoms with Crippen LogP contribution in [0.25, 0.3) is 0 Å². The molecule has 4 heteroatoms. The van der Waals surface area contributed by atoms with E-state index in [0.29, 0.717) is 25.7 Å². The van der Waals surface area contributed by atoms with E-state index in [4.69, 9.17) is 5.11 Å². The van der Waals surface area contributed by atoms with E-state index in [1.54, 1.807) is 6.08 Å². The van der Waals surface area contributed by atoms with Crippen LogP contribution in [0.4, 0.5) is 0 Å². The number of aliphatic hydroxyl groups is 2. The van der Waals surface area contributed by atoms with Gasteiger partial charge in [-0.1, -0.05) is 56.2 Å². The second-order valence-corrected chi connectivity index (χ2v) is 6.04. The van der Waals surface area contributed by atoms with Gasteiger partial charge >= 0.3 is 5.97 Å². The van der Waals surface area contributed by atoms with Crippen molar-refractivity contribution in [1.29, 1.82) is 0 Å². The molecule has 0 saturated heterocycles. The van der Waals surface area contributed by atoms with E-state index in [1.807, 2.05) is 18.2 Å². The van der Waals surface area contributed by atoms with Crippen LogP contribution in [0.1, 0.15) is 71.1 Å². The molecule has 0 rings (SSSR count). The third-order valence-electron chi connectivity index (χ3n) is 3.71. The first kappa shape index (κ1) is 22.6. The summed E-state index contributed by atoms with van der Waals surface area (Å²) < 4.78 is 0. The number of carbonyl (C=O) groups is 1. The molecular weight excluding hydrogens is 304 g/mol. The van der Waals surface area contributed by atoms with Crippen LogP contribution in [-0.2, 0) is 4.79 Å². The molecule has 0 fully saturated rings. The first-order valence-electron chi connectivity index (χ1n) is 9.10. The number of rotatable bonds is 15. The molecule has 0 aromatic rings. The van der Waals surface area contributed by atoms with Gasteiger partial charge in [0.05, 0.1) is 12.2 Å². The lowest BCUT2D eigenvalue weighted by Gasteiger charge is -2.14. The summed E-state index contributed by atoms with van der Waals surface area (Å²) in [5.74, 6) is -0.790. The van der Waals surface area contributed by atoms with E-state index in [1.165, 1.54) is 19.3 Å². The molecular formula is C20H34O4. The van der Waals surface area contributed by atoms with Crippen molar-refractivity contribution < 1.29 is 20.1 Å². The molecule has 3 N–H and O–H groups in total. The van der Waals surface area contributed by atoms with Gasteiger partial charge in [-0.2, -0.15) is 0 Å². The molecule has 0 aromatic heterocycles. The average Bonchev–Trinajstić information content (AvgIpc) is 2.55. The standard InChI is InChI=1S/C20H34O4/c1-2-3-4-5-6-7-8-9-12-15-18(21)19(22)16-13-10-11-14-17-20(23)24/h6-7,9-10,12-13,18-19,21-22H,2-5,8,11,14-17H2,1H3,(H,23,24). The largest absolute Gasteiger partial charge is 0.481 e. The first-order valence-corrected chi connectivity index (χ1v) is 9.10. The summed E-state index contributed by atoms with van der Waals surface area (Å²) in [6.07, 6.45) is 18.4. The molecule has 0 aromatic carbocycles. The molecule has 0 bridgehead atoms. The van der Waals surface area contributed by atoms with Crippen LogP contribution in [0, 0.1) is 0 Å². The third-order valence-corrected chi connectivity index (χ3v) is 3.71. The maximum Gasteiger partial charge on any atom is 0.303 e. The van der Waals surface area contributed by atoms with Crippen molar-refractivity contribution in [3.05, 3.63) is 36.5 Å². The van der Waals surface area contributed by atoms with Gasteiger partial charge in [-0.05, 0) is 44.9 Å². The number of allylic oxidation sites excluding steroid dienone is 4. The number of carboxylic acid groups (broad SMARTS) is 1. The number of hydrogen-bond donors (Lipinski definition) is 3. The summed E-state index contributed by atoms with van der Waals surface area (Å²) in [5.41, 5.74) is 0. The van der Waals surface area contributed by atoms with E-state index in [2.05, 4.69) is 19.1 Å². The average molecular weight is 338 g/mol. The number of aliphatic hydroxyl groups excluding tert-OH is 2. The van der Waals surface area contributed by atoms with E-state index in [0.717, 1.165) is 12.8 Å². The topological polar surface area (TPSA) is 77.8 Å². The smallest absolute Gasteiger partial charge is 0.303 e. The molecule has 2 unspecified atom stereocenters. The number of unbranched alkanes of at least 4 members (excludes halogenated alkanes) is 4. The third kappa shape index (κ3) is 15.5. The van der Waals surface area contributed by atoms with Crippen LogP contribution in [-0.4, -0.2) is 33.5 Å². The van der Waals surface area contributed by atoms with Gasteiger partial charge in [0, 0.05) is 6.42 Å². The highest BCUT2D eigenvalue weighted by Gasteiger charge is 2.12. The molecule has 0 heterocycles. The summed E-state index contributed by atoms with van der Waals surface area (Å²) in [6, 6.07) is 0. The van der Waals surface area contributed by atoms with Crippen LogP contribution in [0.3, 0.4) is 0 Å². The Morgan fingerprint density at radius 3 is 2.00 bits per heavy atom. The van der Waals surface area contributed by atoms with Crippen molar-refractivity contribution in [2.75, 3.05) is 0 Å². The van der Waals surface area contributed by atoms with Gasteiger partial charge in [0.2, 0.25) is 0 Å². The number of aliphatic carboxylic acids is 1. The van der Waals surface area contributed by atoms with Crippen LogP contribution in [0.2, 0.25) is 0 Å². The Labute approximate surface area is 146 Å². The van der Waals surface area contributed by atoms with E-state index < -0.39 is 18.2 Å². The molecule has 0 aliphatic carbocycles. The Bertz CT molecular complexity index is 385. The first-order chi connectivity index (χ1) is 11.6. The Balaban J connectivity index is 3.70. The van der Waals surface area contributed by atoms with E-state index in [9.17, 15) is 15.0 Å². The van der Waals surface area contributed by atoms with Gasteiger partial charge in [-0.3, -0.25) is 4.79 Å². The molecule has 0 saturated carbocycles. The number of carboxylic acids is 1. The maximum atomic E-state index is 10.3. The SMILES string of the molecule is CCCCCC=CCC=CCC(O)C(O)CC=CCCCC(=O)O. The second-order valence-electron chi connectivity index (χ2n) is 6.04. The zero-order valence-corrected chi connectivity index (χ0v) is 14.9. The van der Waals surface area contributed by atoms with Crippen LogP contribution < -0.4 is 0 Å². The summed E-state index contributed by atoms with van der Waals surface area (Å²) in [4.78, 5) is 10.3. The molecule has 2 atom stereocenters. The zero-order chi connectivity index (χ0) is 18.0. The highest BCUT2D eigenvalue weighted by atomic mass is 16.4. The summed E-state index contributed by atoms with van der Waals surface area (Å²) in [5, 5.41) is 28.2. The highest BCUT2D eigenvalue weighted by molar-refractivity contribution is 5.66. The van der Waals surface area contributed by atoms with Gasteiger partial charge < -0.3 is 15.3 Å². The predicted molar refractivity (Wildman–Crippen MR) is 98.9 cm³/mol. The van der Waals surface area contributed by atoms with Crippen LogP contribution >= 0.6 is 0 Å². The lowest BCUT2D eigenvalue weighted by atomic mass is 10.1. The molecule has 24 heavy (non-hydrogen) atoms. The molecule has 0 aliphatic heterocycles. The van der Waals surface area contributed by atoms with Gasteiger partial charge in [-0.25, -0.2) is 0 Å². The van der Waals surface area contributed by atoms with Crippen molar-refractivity contribution in [1.82, 2.24) is 0 Å². The zero-order valence-electron chi connectivity index (χ0n) is 14.9. The summed E-state index contributed by atoms with van der Waals surface area (Å²) in [7, 11) is 0. The van der Waals surface area contributed by atoms with Gasteiger partial charge in [-0.15, -0.1) is 0 Å². The molecule has 0 radical (unpaired) electrons. The monoisotopic (exact) mass is 338 g/mol. The van der Waals surface area contributed by atoms with Crippen LogP contribution in [0.15, 0.2) is 36.5 Å². The molecule has 0 aliphatic rings. The Hall–Kier alpha value is -1.39. The van der Waals surface area contributed by atoms with Crippen molar-refractivity contribution in [2.45, 2.75) is 83.3 Å². The maximum absolute atomic E-state index is 10.3. The summed E-state index contributed by atoms with van der Waals surface area (Å²) in [6.45, 7) is 2.20. The van der Waals surface area contributed by atoms with E-state index in [-0.39, 0.29) is 6.42 Å². The normalized spacial score (nSPS) is 14.8. The van der Waals surface area contributed by atoms with Crippen LogP contribution in [0.5, 0.6) is 0 Å². The minimum absolute atomic E-state index is 0.160. The molecule has 138 valence electrons. The van der Waals surface area contributed by atoms with Crippen molar-refractivity contribution in [2.24, 2.45) is 0 Å². The lowest BCUT2D eigenvalue weighted by Crippen LogP contribution is -2.24.